The van der Waals surface area contributed by atoms with Crippen molar-refractivity contribution in [3.05, 3.63) is 56.9 Å². The maximum absolute atomic E-state index is 12.2. The lowest BCUT2D eigenvalue weighted by Gasteiger charge is -2.04. The van der Waals surface area contributed by atoms with Gasteiger partial charge in [0.15, 0.2) is 0 Å². The van der Waals surface area contributed by atoms with Crippen molar-refractivity contribution in [2.75, 3.05) is 19.5 Å². The molecule has 0 saturated heterocycles. The highest BCUT2D eigenvalue weighted by Crippen LogP contribution is 2.34. The third-order valence-electron chi connectivity index (χ3n) is 3.44. The zero-order valence-electron chi connectivity index (χ0n) is 14.3. The van der Waals surface area contributed by atoms with Crippen molar-refractivity contribution in [2.45, 2.75) is 6.92 Å². The van der Waals surface area contributed by atoms with Gasteiger partial charge < -0.3 is 14.8 Å². The van der Waals surface area contributed by atoms with Gasteiger partial charge in [-0.2, -0.15) is 0 Å². The zero-order valence-corrected chi connectivity index (χ0v) is 15.9. The van der Waals surface area contributed by atoms with Crippen molar-refractivity contribution in [1.29, 1.82) is 0 Å². The molecular weight excluding hydrogens is 378 g/mol. The highest BCUT2D eigenvalue weighted by Gasteiger charge is 2.26. The van der Waals surface area contributed by atoms with E-state index in [4.69, 9.17) is 21.1 Å². The second-order valence-corrected chi connectivity index (χ2v) is 6.57. The van der Waals surface area contributed by atoms with Gasteiger partial charge in [-0.3, -0.25) is 4.79 Å². The second-order valence-electron chi connectivity index (χ2n) is 5.12. The number of carbonyl (C=O) groups is 3. The Hall–Kier alpha value is -2.64. The molecule has 0 aliphatic heterocycles. The molecular formula is C18H16ClNO5S. The Kier molecular flexibility index (Phi) is 6.54. The number of amides is 1. The first-order valence-electron chi connectivity index (χ1n) is 7.42. The molecule has 0 fully saturated rings. The van der Waals surface area contributed by atoms with Crippen molar-refractivity contribution < 1.29 is 23.9 Å². The Morgan fingerprint density at radius 2 is 1.69 bits per heavy atom. The lowest BCUT2D eigenvalue weighted by atomic mass is 10.1. The number of ether oxygens (including phenoxy) is 2. The molecule has 2 rings (SSSR count). The van der Waals surface area contributed by atoms with E-state index >= 15 is 0 Å². The maximum Gasteiger partial charge on any atom is 0.348 e. The van der Waals surface area contributed by atoms with E-state index < -0.39 is 17.8 Å². The van der Waals surface area contributed by atoms with E-state index in [1.165, 1.54) is 20.3 Å². The number of rotatable bonds is 5. The Balaban J connectivity index is 2.26. The lowest BCUT2D eigenvalue weighted by molar-refractivity contribution is -0.111. The van der Waals surface area contributed by atoms with E-state index in [0.717, 1.165) is 16.9 Å². The van der Waals surface area contributed by atoms with Gasteiger partial charge in [-0.15, -0.1) is 11.3 Å². The molecule has 1 N–H and O–H groups in total. The summed E-state index contributed by atoms with van der Waals surface area (Å²) >= 11 is 6.77. The standard InChI is InChI=1S/C18H16ClNO5S/c1-10-14(17(22)24-2)16(26-15(10)18(23)25-3)20-13(21)9-6-11-4-7-12(19)8-5-11/h4-9H,1-3H3,(H,20,21)/b9-6+. The summed E-state index contributed by atoms with van der Waals surface area (Å²) in [5.41, 5.74) is 1.31. The average molecular weight is 394 g/mol. The van der Waals surface area contributed by atoms with Crippen LogP contribution in [0.1, 0.15) is 31.2 Å². The quantitative estimate of drug-likeness (QED) is 0.614. The van der Waals surface area contributed by atoms with Crippen LogP contribution in [0.3, 0.4) is 0 Å². The molecule has 0 bridgehead atoms. The van der Waals surface area contributed by atoms with Gasteiger partial charge in [0.25, 0.3) is 0 Å². The van der Waals surface area contributed by atoms with Gasteiger partial charge in [-0.05, 0) is 36.3 Å². The van der Waals surface area contributed by atoms with Crippen LogP contribution in [0.5, 0.6) is 0 Å². The smallest absolute Gasteiger partial charge is 0.348 e. The summed E-state index contributed by atoms with van der Waals surface area (Å²) in [6.07, 6.45) is 2.92. The zero-order chi connectivity index (χ0) is 19.3. The van der Waals surface area contributed by atoms with Gasteiger partial charge >= 0.3 is 11.9 Å². The molecule has 2 aromatic rings. The third kappa shape index (κ3) is 4.50. The molecule has 0 atom stereocenters. The summed E-state index contributed by atoms with van der Waals surface area (Å²) in [6, 6.07) is 6.94. The van der Waals surface area contributed by atoms with Gasteiger partial charge in [0.05, 0.1) is 19.8 Å². The molecule has 0 aliphatic carbocycles. The SMILES string of the molecule is COC(=O)c1sc(NC(=O)/C=C/c2ccc(Cl)cc2)c(C(=O)OC)c1C. The van der Waals surface area contributed by atoms with Crippen molar-refractivity contribution in [1.82, 2.24) is 0 Å². The highest BCUT2D eigenvalue weighted by atomic mass is 35.5. The predicted octanol–water partition coefficient (Wildman–Crippen LogP) is 3.94. The average Bonchev–Trinajstić information content (AvgIpc) is 2.96. The highest BCUT2D eigenvalue weighted by molar-refractivity contribution is 7.18. The number of anilines is 1. The van der Waals surface area contributed by atoms with Crippen molar-refractivity contribution >= 4 is 51.9 Å². The fourth-order valence-corrected chi connectivity index (χ4v) is 3.38. The number of benzene rings is 1. The molecule has 6 nitrogen and oxygen atoms in total. The molecule has 0 spiro atoms. The van der Waals surface area contributed by atoms with Gasteiger partial charge in [-0.1, -0.05) is 23.7 Å². The number of carbonyl (C=O) groups excluding carboxylic acids is 3. The first kappa shape index (κ1) is 19.7. The monoisotopic (exact) mass is 393 g/mol. The summed E-state index contributed by atoms with van der Waals surface area (Å²) in [7, 11) is 2.47. The van der Waals surface area contributed by atoms with E-state index in [9.17, 15) is 14.4 Å². The molecule has 1 aromatic carbocycles. The van der Waals surface area contributed by atoms with Crippen LogP contribution in [0.2, 0.25) is 5.02 Å². The Labute approximate surface area is 159 Å². The molecule has 1 amide bonds. The molecule has 0 aliphatic rings. The topological polar surface area (TPSA) is 81.7 Å². The van der Waals surface area contributed by atoms with E-state index in [0.29, 0.717) is 10.6 Å². The van der Waals surface area contributed by atoms with Crippen molar-refractivity contribution in [2.24, 2.45) is 0 Å². The fourth-order valence-electron chi connectivity index (χ4n) is 2.14. The molecule has 0 radical (unpaired) electrons. The van der Waals surface area contributed by atoms with E-state index in [1.807, 2.05) is 0 Å². The number of hydrogen-bond acceptors (Lipinski definition) is 6. The summed E-state index contributed by atoms with van der Waals surface area (Å²) in [5, 5.41) is 3.42. The van der Waals surface area contributed by atoms with E-state index in [1.54, 1.807) is 37.3 Å². The van der Waals surface area contributed by atoms with Crippen LogP contribution in [0.4, 0.5) is 5.00 Å². The number of esters is 2. The minimum atomic E-state index is -0.647. The van der Waals surface area contributed by atoms with Crippen molar-refractivity contribution in [3.8, 4) is 0 Å². The number of thiophene rings is 1. The molecule has 0 saturated carbocycles. The van der Waals surface area contributed by atoms with Crippen LogP contribution >= 0.6 is 22.9 Å². The van der Waals surface area contributed by atoms with Gasteiger partial charge in [0.1, 0.15) is 9.88 Å². The lowest BCUT2D eigenvalue weighted by Crippen LogP contribution is -2.11. The first-order chi connectivity index (χ1) is 12.4. The normalized spacial score (nSPS) is 10.6. The summed E-state index contributed by atoms with van der Waals surface area (Å²) in [4.78, 5) is 36.3. The van der Waals surface area contributed by atoms with Gasteiger partial charge in [-0.25, -0.2) is 9.59 Å². The van der Waals surface area contributed by atoms with Gasteiger partial charge in [0, 0.05) is 11.1 Å². The maximum atomic E-state index is 12.2. The number of halogens is 1. The molecule has 26 heavy (non-hydrogen) atoms. The molecule has 136 valence electrons. The number of methoxy groups -OCH3 is 2. The largest absolute Gasteiger partial charge is 0.465 e. The molecule has 1 heterocycles. The fraction of sp³-hybridized carbons (Fsp3) is 0.167. The molecule has 0 unspecified atom stereocenters. The third-order valence-corrected chi connectivity index (χ3v) is 4.88. The first-order valence-corrected chi connectivity index (χ1v) is 8.61. The van der Waals surface area contributed by atoms with Crippen LogP contribution in [-0.2, 0) is 14.3 Å². The van der Waals surface area contributed by atoms with Crippen LogP contribution in [0, 0.1) is 6.92 Å². The number of nitrogens with one attached hydrogen (secondary N) is 1. The minimum Gasteiger partial charge on any atom is -0.465 e. The van der Waals surface area contributed by atoms with E-state index in [2.05, 4.69) is 5.32 Å². The summed E-state index contributed by atoms with van der Waals surface area (Å²) in [6.45, 7) is 1.59. The Bertz CT molecular complexity index is 870. The van der Waals surface area contributed by atoms with E-state index in [-0.39, 0.29) is 15.4 Å². The van der Waals surface area contributed by atoms with Crippen molar-refractivity contribution in [3.63, 3.8) is 0 Å². The number of hydrogen-bond donors (Lipinski definition) is 1. The van der Waals surface area contributed by atoms with Crippen LogP contribution in [0.15, 0.2) is 30.3 Å². The Morgan fingerprint density at radius 1 is 1.08 bits per heavy atom. The summed E-state index contributed by atoms with van der Waals surface area (Å²) in [5.74, 6) is -1.69. The van der Waals surface area contributed by atoms with Crippen LogP contribution < -0.4 is 5.32 Å². The predicted molar refractivity (Wildman–Crippen MR) is 101 cm³/mol. The van der Waals surface area contributed by atoms with Crippen LogP contribution in [0.25, 0.3) is 6.08 Å². The minimum absolute atomic E-state index is 0.131. The second kappa shape index (κ2) is 8.64. The molecule has 8 heteroatoms. The molecule has 1 aromatic heterocycles. The van der Waals surface area contributed by atoms with Gasteiger partial charge in [0.2, 0.25) is 5.91 Å². The Morgan fingerprint density at radius 3 is 2.27 bits per heavy atom. The summed E-state index contributed by atoms with van der Waals surface area (Å²) < 4.78 is 9.44. The van der Waals surface area contributed by atoms with Crippen LogP contribution in [-0.4, -0.2) is 32.1 Å².